The Morgan fingerprint density at radius 1 is 1.50 bits per heavy atom. The number of amides is 1. The van der Waals surface area contributed by atoms with E-state index in [0.717, 1.165) is 12.0 Å². The van der Waals surface area contributed by atoms with Crippen molar-refractivity contribution in [2.45, 2.75) is 31.7 Å². The van der Waals surface area contributed by atoms with Crippen molar-refractivity contribution in [2.24, 2.45) is 0 Å². The highest BCUT2D eigenvalue weighted by Crippen LogP contribution is 2.33. The van der Waals surface area contributed by atoms with E-state index in [4.69, 9.17) is 5.73 Å². The molecule has 20 heavy (non-hydrogen) atoms. The van der Waals surface area contributed by atoms with Crippen LogP contribution < -0.4 is 5.73 Å². The van der Waals surface area contributed by atoms with E-state index < -0.39 is 12.0 Å². The second-order valence-electron chi connectivity index (χ2n) is 4.83. The highest BCUT2D eigenvalue weighted by molar-refractivity contribution is 8.00. The van der Waals surface area contributed by atoms with Crippen molar-refractivity contribution in [3.05, 3.63) is 29.3 Å². The fraction of sp³-hybridized carbons (Fsp3) is 0.429. The van der Waals surface area contributed by atoms with Gasteiger partial charge in [-0.05, 0) is 37.1 Å². The van der Waals surface area contributed by atoms with Crippen molar-refractivity contribution in [1.82, 2.24) is 4.90 Å². The molecule has 1 fully saturated rings. The molecule has 1 aliphatic heterocycles. The van der Waals surface area contributed by atoms with Gasteiger partial charge < -0.3 is 15.7 Å². The zero-order valence-electron chi connectivity index (χ0n) is 11.5. The van der Waals surface area contributed by atoms with Gasteiger partial charge >= 0.3 is 5.97 Å². The molecule has 5 nitrogen and oxygen atoms in total. The summed E-state index contributed by atoms with van der Waals surface area (Å²) in [5.41, 5.74) is 7.68. The van der Waals surface area contributed by atoms with Crippen LogP contribution in [0.5, 0.6) is 0 Å². The first-order chi connectivity index (χ1) is 9.45. The Morgan fingerprint density at radius 2 is 2.20 bits per heavy atom. The zero-order chi connectivity index (χ0) is 14.9. The summed E-state index contributed by atoms with van der Waals surface area (Å²) >= 11 is 1.52. The number of carboxylic acid groups (broad SMARTS) is 1. The predicted octanol–water partition coefficient (Wildman–Crippen LogP) is 1.96. The van der Waals surface area contributed by atoms with Crippen LogP contribution in [0.2, 0.25) is 0 Å². The lowest BCUT2D eigenvalue weighted by atomic mass is 10.1. The number of benzene rings is 1. The molecule has 0 aromatic heterocycles. The minimum Gasteiger partial charge on any atom is -0.480 e. The van der Waals surface area contributed by atoms with Gasteiger partial charge in [0.25, 0.3) is 5.91 Å². The number of nitrogen functional groups attached to an aromatic ring is 1. The average Bonchev–Trinajstić information content (AvgIpc) is 2.85. The van der Waals surface area contributed by atoms with Gasteiger partial charge in [-0.2, -0.15) is 0 Å². The summed E-state index contributed by atoms with van der Waals surface area (Å²) in [6, 6.07) is 4.30. The standard InChI is InChI=1S/C14H18N2O3S/c1-3-12-16(11(7-20-12)14(18)19)13(17)9-4-5-10(15)8(2)6-9/h4-6,11-12H,3,7,15H2,1-2H3,(H,18,19). The first-order valence-electron chi connectivity index (χ1n) is 6.49. The summed E-state index contributed by atoms with van der Waals surface area (Å²) in [5.74, 6) is -0.751. The highest BCUT2D eigenvalue weighted by atomic mass is 32.2. The number of nitrogens with zero attached hydrogens (tertiary/aromatic N) is 1. The number of hydrogen-bond acceptors (Lipinski definition) is 4. The first-order valence-corrected chi connectivity index (χ1v) is 7.53. The van der Waals surface area contributed by atoms with Crippen LogP contribution in [0.3, 0.4) is 0 Å². The third kappa shape index (κ3) is 2.60. The predicted molar refractivity (Wildman–Crippen MR) is 79.7 cm³/mol. The quantitative estimate of drug-likeness (QED) is 0.833. The van der Waals surface area contributed by atoms with E-state index in [1.54, 1.807) is 18.2 Å². The fourth-order valence-corrected chi connectivity index (χ4v) is 3.65. The summed E-state index contributed by atoms with van der Waals surface area (Å²) in [6.45, 7) is 3.78. The molecule has 0 aliphatic carbocycles. The average molecular weight is 294 g/mol. The van der Waals surface area contributed by atoms with Crippen LogP contribution in [-0.4, -0.2) is 39.1 Å². The number of carboxylic acids is 1. The van der Waals surface area contributed by atoms with Gasteiger partial charge in [0.1, 0.15) is 6.04 Å². The molecule has 2 atom stereocenters. The van der Waals surface area contributed by atoms with Gasteiger partial charge in [-0.3, -0.25) is 4.79 Å². The summed E-state index contributed by atoms with van der Waals surface area (Å²) in [4.78, 5) is 25.4. The lowest BCUT2D eigenvalue weighted by molar-refractivity contribution is -0.141. The van der Waals surface area contributed by atoms with Crippen molar-refractivity contribution in [2.75, 3.05) is 11.5 Å². The molecule has 2 unspecified atom stereocenters. The van der Waals surface area contributed by atoms with Gasteiger partial charge in [0.15, 0.2) is 0 Å². The van der Waals surface area contributed by atoms with Gasteiger partial charge in [0, 0.05) is 17.0 Å². The maximum absolute atomic E-state index is 12.6. The molecule has 0 radical (unpaired) electrons. The second-order valence-corrected chi connectivity index (χ2v) is 6.04. The Kier molecular flexibility index (Phi) is 4.23. The molecule has 1 aromatic rings. The normalized spacial score (nSPS) is 22.0. The van der Waals surface area contributed by atoms with E-state index in [1.807, 2.05) is 13.8 Å². The molecular formula is C14H18N2O3S. The van der Waals surface area contributed by atoms with E-state index in [-0.39, 0.29) is 11.3 Å². The Labute approximate surface area is 122 Å². The van der Waals surface area contributed by atoms with Crippen LogP contribution in [0.15, 0.2) is 18.2 Å². The van der Waals surface area contributed by atoms with Crippen LogP contribution in [-0.2, 0) is 4.79 Å². The first kappa shape index (κ1) is 14.7. The summed E-state index contributed by atoms with van der Waals surface area (Å²) in [6.07, 6.45) is 0.730. The summed E-state index contributed by atoms with van der Waals surface area (Å²) < 4.78 is 0. The molecule has 3 N–H and O–H groups in total. The van der Waals surface area contributed by atoms with E-state index in [1.165, 1.54) is 16.7 Å². The lowest BCUT2D eigenvalue weighted by Crippen LogP contribution is -2.45. The highest BCUT2D eigenvalue weighted by Gasteiger charge is 2.41. The number of aliphatic carboxylic acids is 1. The number of nitrogens with two attached hydrogens (primary N) is 1. The molecule has 0 spiro atoms. The summed E-state index contributed by atoms with van der Waals surface area (Å²) in [5, 5.41) is 9.18. The molecule has 1 amide bonds. The van der Waals surface area contributed by atoms with Crippen LogP contribution in [0, 0.1) is 6.92 Å². The van der Waals surface area contributed by atoms with Gasteiger partial charge in [-0.1, -0.05) is 6.92 Å². The number of rotatable bonds is 3. The van der Waals surface area contributed by atoms with E-state index >= 15 is 0 Å². The van der Waals surface area contributed by atoms with Crippen molar-refractivity contribution in [3.63, 3.8) is 0 Å². The fourth-order valence-electron chi connectivity index (χ4n) is 2.30. The van der Waals surface area contributed by atoms with Gasteiger partial charge in [0.05, 0.1) is 5.37 Å². The maximum Gasteiger partial charge on any atom is 0.327 e. The molecule has 2 rings (SSSR count). The van der Waals surface area contributed by atoms with Crippen LogP contribution in [0.4, 0.5) is 5.69 Å². The Bertz CT molecular complexity index is 547. The number of aryl methyl sites for hydroxylation is 1. The van der Waals surface area contributed by atoms with Crippen molar-refractivity contribution in [1.29, 1.82) is 0 Å². The second kappa shape index (κ2) is 5.75. The number of hydrogen-bond donors (Lipinski definition) is 2. The minimum absolute atomic E-state index is 0.0820. The van der Waals surface area contributed by atoms with Gasteiger partial charge in [-0.15, -0.1) is 11.8 Å². The zero-order valence-corrected chi connectivity index (χ0v) is 12.3. The maximum atomic E-state index is 12.6. The van der Waals surface area contributed by atoms with Crippen LogP contribution in [0.25, 0.3) is 0 Å². The number of carbonyl (C=O) groups excluding carboxylic acids is 1. The Hall–Kier alpha value is -1.69. The van der Waals surface area contributed by atoms with E-state index in [2.05, 4.69) is 0 Å². The van der Waals surface area contributed by atoms with Gasteiger partial charge in [-0.25, -0.2) is 4.79 Å². The molecule has 0 bridgehead atoms. The summed E-state index contributed by atoms with van der Waals surface area (Å²) in [7, 11) is 0. The molecule has 6 heteroatoms. The topological polar surface area (TPSA) is 83.6 Å². The molecular weight excluding hydrogens is 276 g/mol. The molecule has 1 aliphatic rings. The molecule has 1 heterocycles. The Balaban J connectivity index is 2.33. The van der Waals surface area contributed by atoms with E-state index in [9.17, 15) is 14.7 Å². The third-order valence-electron chi connectivity index (χ3n) is 3.48. The lowest BCUT2D eigenvalue weighted by Gasteiger charge is -2.26. The molecule has 108 valence electrons. The largest absolute Gasteiger partial charge is 0.480 e. The number of carbonyl (C=O) groups is 2. The van der Waals surface area contributed by atoms with Crippen molar-refractivity contribution >= 4 is 29.3 Å². The molecule has 0 saturated carbocycles. The minimum atomic E-state index is -0.950. The van der Waals surface area contributed by atoms with Gasteiger partial charge in [0.2, 0.25) is 0 Å². The van der Waals surface area contributed by atoms with Crippen LogP contribution >= 0.6 is 11.8 Å². The molecule has 1 aromatic carbocycles. The van der Waals surface area contributed by atoms with E-state index in [0.29, 0.717) is 17.0 Å². The Morgan fingerprint density at radius 3 is 2.75 bits per heavy atom. The SMILES string of the molecule is CCC1SCC(C(=O)O)N1C(=O)c1ccc(N)c(C)c1. The monoisotopic (exact) mass is 294 g/mol. The number of anilines is 1. The van der Waals surface area contributed by atoms with Crippen molar-refractivity contribution in [3.8, 4) is 0 Å². The van der Waals surface area contributed by atoms with Crippen molar-refractivity contribution < 1.29 is 14.7 Å². The number of thioether (sulfide) groups is 1. The smallest absolute Gasteiger partial charge is 0.327 e. The molecule has 1 saturated heterocycles. The third-order valence-corrected chi connectivity index (χ3v) is 4.93. The van der Waals surface area contributed by atoms with Crippen LogP contribution in [0.1, 0.15) is 29.3 Å².